The number of alkyl halides is 3. The summed E-state index contributed by atoms with van der Waals surface area (Å²) in [7, 11) is -4.03. The standard InChI is InChI=1S/C15H20F3N3O4S/c1-3-8-19-13(22)10(2)21-26(24,25)12-6-4-11(5-7-12)14(23)20-9-15(16,17)18/h4-7,10,21H,3,8-9H2,1-2H3,(H,19,22)(H,20,23)/t10-/m0/s1. The average molecular weight is 395 g/mol. The molecule has 1 aromatic rings. The molecule has 0 saturated carbocycles. The fraction of sp³-hybridized carbons (Fsp3) is 0.467. The third-order valence-corrected chi connectivity index (χ3v) is 4.71. The van der Waals surface area contributed by atoms with E-state index in [1.54, 1.807) is 5.32 Å². The molecular formula is C15H20F3N3O4S. The second-order valence-corrected chi connectivity index (χ2v) is 7.17. The number of carbonyl (C=O) groups excluding carboxylic acids is 2. The van der Waals surface area contributed by atoms with E-state index < -0.39 is 40.6 Å². The van der Waals surface area contributed by atoms with Gasteiger partial charge in [0, 0.05) is 12.1 Å². The molecule has 1 rings (SSSR count). The first-order valence-electron chi connectivity index (χ1n) is 7.71. The van der Waals surface area contributed by atoms with E-state index in [0.717, 1.165) is 24.3 Å². The molecule has 0 unspecified atom stereocenters. The van der Waals surface area contributed by atoms with Crippen LogP contribution >= 0.6 is 0 Å². The Morgan fingerprint density at radius 1 is 1.12 bits per heavy atom. The third-order valence-electron chi connectivity index (χ3n) is 3.15. The molecule has 0 aromatic heterocycles. The van der Waals surface area contributed by atoms with E-state index in [0.29, 0.717) is 13.0 Å². The number of halogens is 3. The summed E-state index contributed by atoms with van der Waals surface area (Å²) in [6.45, 7) is 2.15. The zero-order valence-corrected chi connectivity index (χ0v) is 15.0. The molecule has 0 aliphatic carbocycles. The SMILES string of the molecule is CCCNC(=O)[C@H](C)NS(=O)(=O)c1ccc(C(=O)NCC(F)(F)F)cc1. The molecular weight excluding hydrogens is 375 g/mol. The lowest BCUT2D eigenvalue weighted by atomic mass is 10.2. The Morgan fingerprint density at radius 3 is 2.19 bits per heavy atom. The molecule has 146 valence electrons. The van der Waals surface area contributed by atoms with Crippen LogP contribution in [0.15, 0.2) is 29.2 Å². The highest BCUT2D eigenvalue weighted by molar-refractivity contribution is 7.89. The molecule has 0 spiro atoms. The Hall–Kier alpha value is -2.14. The molecule has 0 radical (unpaired) electrons. The van der Waals surface area contributed by atoms with Crippen molar-refractivity contribution < 1.29 is 31.2 Å². The van der Waals surface area contributed by atoms with E-state index in [1.807, 2.05) is 6.92 Å². The molecule has 0 heterocycles. The Morgan fingerprint density at radius 2 is 1.69 bits per heavy atom. The molecule has 0 saturated heterocycles. The predicted molar refractivity (Wildman–Crippen MR) is 87.9 cm³/mol. The topological polar surface area (TPSA) is 104 Å². The number of benzene rings is 1. The van der Waals surface area contributed by atoms with Crippen LogP contribution in [0.5, 0.6) is 0 Å². The van der Waals surface area contributed by atoms with Crippen LogP contribution in [-0.4, -0.2) is 45.5 Å². The van der Waals surface area contributed by atoms with Gasteiger partial charge in [-0.3, -0.25) is 9.59 Å². The van der Waals surface area contributed by atoms with E-state index in [1.165, 1.54) is 6.92 Å². The summed E-state index contributed by atoms with van der Waals surface area (Å²) in [6.07, 6.45) is -3.85. The summed E-state index contributed by atoms with van der Waals surface area (Å²) < 4.78 is 62.9. The molecule has 7 nitrogen and oxygen atoms in total. The summed E-state index contributed by atoms with van der Waals surface area (Å²) in [4.78, 5) is 23.1. The first-order valence-corrected chi connectivity index (χ1v) is 9.19. The van der Waals surface area contributed by atoms with E-state index in [9.17, 15) is 31.2 Å². The molecule has 0 fully saturated rings. The van der Waals surface area contributed by atoms with Gasteiger partial charge in [0.25, 0.3) is 5.91 Å². The smallest absolute Gasteiger partial charge is 0.355 e. The summed E-state index contributed by atoms with van der Waals surface area (Å²) in [5.74, 6) is -1.47. The Kier molecular flexibility index (Phi) is 7.57. The van der Waals surface area contributed by atoms with Gasteiger partial charge in [0.05, 0.1) is 10.9 Å². The third kappa shape index (κ3) is 7.00. The van der Waals surface area contributed by atoms with Gasteiger partial charge in [0.15, 0.2) is 0 Å². The average Bonchev–Trinajstić information content (AvgIpc) is 2.56. The zero-order valence-electron chi connectivity index (χ0n) is 14.2. The maximum atomic E-state index is 12.2. The van der Waals surface area contributed by atoms with Crippen LogP contribution < -0.4 is 15.4 Å². The van der Waals surface area contributed by atoms with E-state index in [-0.39, 0.29) is 10.5 Å². The number of amides is 2. The van der Waals surface area contributed by atoms with Crippen molar-refractivity contribution >= 4 is 21.8 Å². The first kappa shape index (κ1) is 21.9. The van der Waals surface area contributed by atoms with Gasteiger partial charge >= 0.3 is 6.18 Å². The Balaban J connectivity index is 2.77. The largest absolute Gasteiger partial charge is 0.405 e. The highest BCUT2D eigenvalue weighted by Gasteiger charge is 2.28. The fourth-order valence-electron chi connectivity index (χ4n) is 1.82. The van der Waals surface area contributed by atoms with Gasteiger partial charge < -0.3 is 10.6 Å². The van der Waals surface area contributed by atoms with Crippen LogP contribution in [-0.2, 0) is 14.8 Å². The van der Waals surface area contributed by atoms with Crippen molar-refractivity contribution in [1.29, 1.82) is 0 Å². The van der Waals surface area contributed by atoms with Crippen molar-refractivity contribution in [3.63, 3.8) is 0 Å². The van der Waals surface area contributed by atoms with Gasteiger partial charge in [-0.25, -0.2) is 8.42 Å². The molecule has 1 aromatic carbocycles. The van der Waals surface area contributed by atoms with Crippen LogP contribution in [0.1, 0.15) is 30.6 Å². The van der Waals surface area contributed by atoms with Crippen molar-refractivity contribution in [3.8, 4) is 0 Å². The van der Waals surface area contributed by atoms with E-state index in [4.69, 9.17) is 0 Å². The molecule has 11 heteroatoms. The summed E-state index contributed by atoms with van der Waals surface area (Å²) >= 11 is 0. The lowest BCUT2D eigenvalue weighted by Gasteiger charge is -2.14. The van der Waals surface area contributed by atoms with Gasteiger partial charge in [-0.05, 0) is 37.6 Å². The summed E-state index contributed by atoms with van der Waals surface area (Å²) in [5, 5.41) is 4.23. The monoisotopic (exact) mass is 395 g/mol. The van der Waals surface area contributed by atoms with Gasteiger partial charge in [-0.1, -0.05) is 6.92 Å². The van der Waals surface area contributed by atoms with Crippen molar-refractivity contribution in [1.82, 2.24) is 15.4 Å². The second kappa shape index (κ2) is 8.99. The molecule has 1 atom stereocenters. The normalized spacial score (nSPS) is 13.1. The lowest BCUT2D eigenvalue weighted by Crippen LogP contribution is -2.44. The predicted octanol–water partition coefficient (Wildman–Crippen LogP) is 1.17. The Labute approximate surface area is 149 Å². The minimum Gasteiger partial charge on any atom is -0.355 e. The van der Waals surface area contributed by atoms with Crippen molar-refractivity contribution in [2.24, 2.45) is 0 Å². The van der Waals surface area contributed by atoms with Crippen LogP contribution in [0.2, 0.25) is 0 Å². The quantitative estimate of drug-likeness (QED) is 0.615. The lowest BCUT2D eigenvalue weighted by molar-refractivity contribution is -0.123. The minimum absolute atomic E-state index is 0.123. The molecule has 0 aliphatic heterocycles. The molecule has 3 N–H and O–H groups in total. The van der Waals surface area contributed by atoms with Gasteiger partial charge in [-0.15, -0.1) is 0 Å². The highest BCUT2D eigenvalue weighted by atomic mass is 32.2. The molecule has 0 bridgehead atoms. The highest BCUT2D eigenvalue weighted by Crippen LogP contribution is 2.14. The molecule has 26 heavy (non-hydrogen) atoms. The van der Waals surface area contributed by atoms with Crippen molar-refractivity contribution in [2.45, 2.75) is 37.4 Å². The van der Waals surface area contributed by atoms with E-state index >= 15 is 0 Å². The van der Waals surface area contributed by atoms with Gasteiger partial charge in [0.1, 0.15) is 6.54 Å². The number of nitrogens with one attached hydrogen (secondary N) is 3. The molecule has 2 amide bonds. The number of carbonyl (C=O) groups is 2. The number of sulfonamides is 1. The summed E-state index contributed by atoms with van der Waals surface area (Å²) in [6, 6.07) is 3.30. The van der Waals surface area contributed by atoms with Crippen LogP contribution in [0, 0.1) is 0 Å². The first-order chi connectivity index (χ1) is 12.0. The van der Waals surface area contributed by atoms with Crippen LogP contribution in [0.25, 0.3) is 0 Å². The fourth-order valence-corrected chi connectivity index (χ4v) is 3.03. The molecule has 0 aliphatic rings. The Bertz CT molecular complexity index is 733. The maximum absolute atomic E-state index is 12.2. The van der Waals surface area contributed by atoms with Crippen molar-refractivity contribution in [3.05, 3.63) is 29.8 Å². The maximum Gasteiger partial charge on any atom is 0.405 e. The van der Waals surface area contributed by atoms with Crippen molar-refractivity contribution in [2.75, 3.05) is 13.1 Å². The van der Waals surface area contributed by atoms with Crippen LogP contribution in [0.4, 0.5) is 13.2 Å². The number of hydrogen-bond acceptors (Lipinski definition) is 4. The minimum atomic E-state index is -4.54. The zero-order chi connectivity index (χ0) is 20.0. The summed E-state index contributed by atoms with van der Waals surface area (Å²) in [5.41, 5.74) is -0.123. The number of hydrogen-bond donors (Lipinski definition) is 3. The second-order valence-electron chi connectivity index (χ2n) is 5.46. The van der Waals surface area contributed by atoms with Crippen LogP contribution in [0.3, 0.4) is 0 Å². The van der Waals surface area contributed by atoms with E-state index in [2.05, 4.69) is 10.0 Å². The van der Waals surface area contributed by atoms with Gasteiger partial charge in [-0.2, -0.15) is 17.9 Å². The number of rotatable bonds is 8. The van der Waals surface area contributed by atoms with Gasteiger partial charge in [0.2, 0.25) is 15.9 Å².